The second-order valence-electron chi connectivity index (χ2n) is 4.43. The van der Waals surface area contributed by atoms with E-state index in [1.54, 1.807) is 14.2 Å². The van der Waals surface area contributed by atoms with Gasteiger partial charge in [0.05, 0.1) is 0 Å². The molecule has 1 aliphatic carbocycles. The van der Waals surface area contributed by atoms with E-state index in [2.05, 4.69) is 5.32 Å². The second-order valence-corrected chi connectivity index (χ2v) is 4.43. The Morgan fingerprint density at radius 3 is 2.20 bits per heavy atom. The number of methoxy groups -OCH3 is 2. The fourth-order valence-electron chi connectivity index (χ4n) is 2.87. The van der Waals surface area contributed by atoms with Crippen LogP contribution in [-0.4, -0.2) is 33.6 Å². The summed E-state index contributed by atoms with van der Waals surface area (Å²) in [6, 6.07) is 0. The molecule has 1 heterocycles. The highest BCUT2D eigenvalue weighted by Crippen LogP contribution is 2.51. The second kappa shape index (κ2) is 5.83. The highest BCUT2D eigenvalue weighted by molar-refractivity contribution is 4.99. The van der Waals surface area contributed by atoms with Crippen molar-refractivity contribution in [1.29, 1.82) is 0 Å². The van der Waals surface area contributed by atoms with Crippen molar-refractivity contribution in [2.75, 3.05) is 27.3 Å². The molecule has 1 aliphatic heterocycles. The maximum atomic E-state index is 5.26. The minimum atomic E-state index is 0.0197. The highest BCUT2D eigenvalue weighted by Gasteiger charge is 2.48. The first-order chi connectivity index (χ1) is 7.29. The molecule has 3 heteroatoms. The van der Waals surface area contributed by atoms with E-state index in [0.717, 1.165) is 0 Å². The van der Waals surface area contributed by atoms with Crippen LogP contribution >= 0.6 is 0 Å². The summed E-state index contributed by atoms with van der Waals surface area (Å²) in [6.07, 6.45) is 3.90. The lowest BCUT2D eigenvalue weighted by molar-refractivity contribution is -0.178. The third kappa shape index (κ3) is 2.71. The van der Waals surface area contributed by atoms with E-state index in [4.69, 9.17) is 9.47 Å². The summed E-state index contributed by atoms with van der Waals surface area (Å²) in [5.41, 5.74) is 0.597. The Balaban J connectivity index is 0.000000531. The Hall–Kier alpha value is -0.120. The van der Waals surface area contributed by atoms with Gasteiger partial charge in [0.15, 0.2) is 6.29 Å². The van der Waals surface area contributed by atoms with Gasteiger partial charge in [-0.3, -0.25) is 0 Å². The van der Waals surface area contributed by atoms with Gasteiger partial charge in [0.1, 0.15) is 0 Å². The SMILES string of the molecule is CC.COC(OC)C1CC2(CCNC2)C1. The zero-order chi connectivity index (χ0) is 11.3. The Morgan fingerprint density at radius 2 is 1.80 bits per heavy atom. The van der Waals surface area contributed by atoms with Crippen LogP contribution in [0.4, 0.5) is 0 Å². The molecule has 2 fully saturated rings. The first-order valence-corrected chi connectivity index (χ1v) is 6.06. The van der Waals surface area contributed by atoms with Crippen molar-refractivity contribution < 1.29 is 9.47 Å². The molecule has 90 valence electrons. The number of rotatable bonds is 3. The Labute approximate surface area is 93.5 Å². The molecule has 2 rings (SSSR count). The first kappa shape index (κ1) is 12.9. The Morgan fingerprint density at radius 1 is 1.20 bits per heavy atom. The molecule has 0 amide bonds. The van der Waals surface area contributed by atoms with Gasteiger partial charge < -0.3 is 14.8 Å². The predicted octanol–water partition coefficient (Wildman–Crippen LogP) is 2.02. The Kier molecular flexibility index (Phi) is 5.03. The van der Waals surface area contributed by atoms with Gasteiger partial charge >= 0.3 is 0 Å². The van der Waals surface area contributed by atoms with E-state index < -0.39 is 0 Å². The zero-order valence-electron chi connectivity index (χ0n) is 10.5. The van der Waals surface area contributed by atoms with E-state index in [1.807, 2.05) is 13.8 Å². The van der Waals surface area contributed by atoms with E-state index >= 15 is 0 Å². The lowest BCUT2D eigenvalue weighted by Gasteiger charge is -2.47. The van der Waals surface area contributed by atoms with Crippen molar-refractivity contribution >= 4 is 0 Å². The minimum absolute atomic E-state index is 0.0197. The summed E-state index contributed by atoms with van der Waals surface area (Å²) in [6.45, 7) is 6.39. The monoisotopic (exact) mass is 215 g/mol. The fourth-order valence-corrected chi connectivity index (χ4v) is 2.87. The van der Waals surface area contributed by atoms with E-state index in [0.29, 0.717) is 11.3 Å². The summed E-state index contributed by atoms with van der Waals surface area (Å²) in [5, 5.41) is 3.43. The Bertz CT molecular complexity index is 166. The largest absolute Gasteiger partial charge is 0.356 e. The molecule has 1 saturated heterocycles. The topological polar surface area (TPSA) is 30.5 Å². The molecule has 3 nitrogen and oxygen atoms in total. The minimum Gasteiger partial charge on any atom is -0.356 e. The van der Waals surface area contributed by atoms with E-state index in [9.17, 15) is 0 Å². The van der Waals surface area contributed by atoms with Gasteiger partial charge in [0.2, 0.25) is 0 Å². The molecule has 0 aromatic heterocycles. The normalized spacial score (nSPS) is 33.8. The standard InChI is InChI=1S/C10H19NO2.C2H6/c1-12-9(13-2)8-5-10(6-8)3-4-11-7-10;1-2/h8-9,11H,3-7H2,1-2H3;1-2H3. The van der Waals surface area contributed by atoms with E-state index in [-0.39, 0.29) is 6.29 Å². The summed E-state index contributed by atoms with van der Waals surface area (Å²) in [7, 11) is 3.46. The van der Waals surface area contributed by atoms with Crippen LogP contribution in [-0.2, 0) is 9.47 Å². The summed E-state index contributed by atoms with van der Waals surface area (Å²) < 4.78 is 10.5. The molecule has 0 bridgehead atoms. The third-order valence-corrected chi connectivity index (χ3v) is 3.57. The van der Waals surface area contributed by atoms with Crippen LogP contribution in [0.5, 0.6) is 0 Å². The number of ether oxygens (including phenoxy) is 2. The van der Waals surface area contributed by atoms with E-state index in [1.165, 1.54) is 32.4 Å². The molecule has 0 unspecified atom stereocenters. The van der Waals surface area contributed by atoms with Crippen LogP contribution in [0.1, 0.15) is 33.1 Å². The summed E-state index contributed by atoms with van der Waals surface area (Å²) >= 11 is 0. The first-order valence-electron chi connectivity index (χ1n) is 6.06. The molecule has 1 spiro atoms. The van der Waals surface area contributed by atoms with Gasteiger partial charge in [0, 0.05) is 26.7 Å². The molecular formula is C12H25NO2. The van der Waals surface area contributed by atoms with Crippen molar-refractivity contribution in [2.45, 2.75) is 39.4 Å². The van der Waals surface area contributed by atoms with Gasteiger partial charge in [-0.05, 0) is 31.2 Å². The van der Waals surface area contributed by atoms with Gasteiger partial charge in [0.25, 0.3) is 0 Å². The van der Waals surface area contributed by atoms with Crippen molar-refractivity contribution in [3.8, 4) is 0 Å². The highest BCUT2D eigenvalue weighted by atomic mass is 16.7. The molecule has 0 radical (unpaired) electrons. The molecule has 2 aliphatic rings. The van der Waals surface area contributed by atoms with Gasteiger partial charge in [-0.2, -0.15) is 0 Å². The number of nitrogens with one attached hydrogen (secondary N) is 1. The van der Waals surface area contributed by atoms with Crippen molar-refractivity contribution in [1.82, 2.24) is 5.32 Å². The van der Waals surface area contributed by atoms with Crippen molar-refractivity contribution in [3.63, 3.8) is 0 Å². The maximum Gasteiger partial charge on any atom is 0.159 e. The van der Waals surface area contributed by atoms with Gasteiger partial charge in [-0.15, -0.1) is 0 Å². The molecule has 1 saturated carbocycles. The lowest BCUT2D eigenvalue weighted by Crippen LogP contribution is -2.45. The average molecular weight is 215 g/mol. The quantitative estimate of drug-likeness (QED) is 0.731. The predicted molar refractivity (Wildman–Crippen MR) is 61.8 cm³/mol. The maximum absolute atomic E-state index is 5.26. The molecule has 0 aromatic carbocycles. The summed E-state index contributed by atoms with van der Waals surface area (Å²) in [5.74, 6) is 0.620. The molecule has 15 heavy (non-hydrogen) atoms. The molecule has 1 N–H and O–H groups in total. The van der Waals surface area contributed by atoms with Crippen LogP contribution in [0.15, 0.2) is 0 Å². The lowest BCUT2D eigenvalue weighted by atomic mass is 9.61. The van der Waals surface area contributed by atoms with Crippen LogP contribution < -0.4 is 5.32 Å². The van der Waals surface area contributed by atoms with Gasteiger partial charge in [-0.25, -0.2) is 0 Å². The number of hydrogen-bond acceptors (Lipinski definition) is 3. The van der Waals surface area contributed by atoms with Gasteiger partial charge in [-0.1, -0.05) is 13.8 Å². The zero-order valence-corrected chi connectivity index (χ0v) is 10.5. The third-order valence-electron chi connectivity index (χ3n) is 3.57. The van der Waals surface area contributed by atoms with Crippen LogP contribution in [0.3, 0.4) is 0 Å². The van der Waals surface area contributed by atoms with Crippen molar-refractivity contribution in [2.24, 2.45) is 11.3 Å². The summed E-state index contributed by atoms with van der Waals surface area (Å²) in [4.78, 5) is 0. The van der Waals surface area contributed by atoms with Crippen LogP contribution in [0.2, 0.25) is 0 Å². The van der Waals surface area contributed by atoms with Crippen LogP contribution in [0, 0.1) is 11.3 Å². The number of hydrogen-bond donors (Lipinski definition) is 1. The molecular weight excluding hydrogens is 190 g/mol. The van der Waals surface area contributed by atoms with Crippen LogP contribution in [0.25, 0.3) is 0 Å². The molecule has 0 aromatic rings. The van der Waals surface area contributed by atoms with Crippen molar-refractivity contribution in [3.05, 3.63) is 0 Å². The fraction of sp³-hybridized carbons (Fsp3) is 1.00. The smallest absolute Gasteiger partial charge is 0.159 e. The average Bonchev–Trinajstić information content (AvgIpc) is 2.71. The molecule has 0 atom stereocenters.